The van der Waals surface area contributed by atoms with Gasteiger partial charge in [0.25, 0.3) is 5.56 Å². The van der Waals surface area contributed by atoms with Crippen LogP contribution in [-0.4, -0.2) is 50.1 Å². The van der Waals surface area contributed by atoms with Crippen LogP contribution in [0.3, 0.4) is 0 Å². The average Bonchev–Trinajstić information content (AvgIpc) is 3.20. The molecule has 2 aromatic carbocycles. The average molecular weight is 448 g/mol. The molecule has 4 N–H and O–H groups in total. The number of carbonyl (C=O) groups is 1. The van der Waals surface area contributed by atoms with Gasteiger partial charge in [0.1, 0.15) is 11.3 Å². The number of nitrogens with one attached hydrogen (secondary N) is 2. The smallest absolute Gasteiger partial charge is 0.335 e. The summed E-state index contributed by atoms with van der Waals surface area (Å²) in [6.45, 7) is 0. The second-order valence-corrected chi connectivity index (χ2v) is 7.23. The summed E-state index contributed by atoms with van der Waals surface area (Å²) in [4.78, 5) is 45.8. The molecule has 2 aromatic heterocycles. The highest BCUT2D eigenvalue weighted by atomic mass is 16.5. The van der Waals surface area contributed by atoms with Gasteiger partial charge >= 0.3 is 11.7 Å². The minimum Gasteiger partial charge on any atom is -0.497 e. The van der Waals surface area contributed by atoms with E-state index < -0.39 is 29.1 Å². The maximum Gasteiger partial charge on any atom is 0.335 e. The van der Waals surface area contributed by atoms with E-state index in [2.05, 4.69) is 15.0 Å². The number of aromatic amines is 2. The lowest BCUT2D eigenvalue weighted by Crippen LogP contribution is -2.31. The second-order valence-electron chi connectivity index (χ2n) is 7.23. The Balaban J connectivity index is 1.72. The normalized spacial score (nSPS) is 12.3. The van der Waals surface area contributed by atoms with Crippen molar-refractivity contribution < 1.29 is 19.7 Å². The van der Waals surface area contributed by atoms with E-state index in [1.165, 1.54) is 13.2 Å². The second kappa shape index (κ2) is 8.87. The van der Waals surface area contributed by atoms with Gasteiger partial charge in [-0.1, -0.05) is 24.3 Å². The maximum atomic E-state index is 12.4. The predicted molar refractivity (Wildman–Crippen MR) is 122 cm³/mol. The van der Waals surface area contributed by atoms with Crippen LogP contribution in [0, 0.1) is 0 Å². The monoisotopic (exact) mass is 448 g/mol. The summed E-state index contributed by atoms with van der Waals surface area (Å²) in [5.41, 5.74) is -0.248. The van der Waals surface area contributed by atoms with E-state index in [4.69, 9.17) is 4.74 Å². The fraction of sp³-hybridized carbons (Fsp3) is 0.130. The molecular weight excluding hydrogens is 428 g/mol. The molecule has 2 heterocycles. The number of carboxylic acids is 1. The summed E-state index contributed by atoms with van der Waals surface area (Å²) in [6.07, 6.45) is 2.74. The molecule has 0 amide bonds. The number of rotatable bonds is 7. The highest BCUT2D eigenvalue weighted by Crippen LogP contribution is 2.21. The number of H-pyrrole nitrogens is 2. The van der Waals surface area contributed by atoms with Crippen LogP contribution in [0.2, 0.25) is 0 Å². The van der Waals surface area contributed by atoms with E-state index in [1.54, 1.807) is 24.4 Å². The van der Waals surface area contributed by atoms with E-state index in [0.29, 0.717) is 5.75 Å². The van der Waals surface area contributed by atoms with Crippen molar-refractivity contribution in [1.82, 2.24) is 14.5 Å². The Morgan fingerprint density at radius 1 is 1.21 bits per heavy atom. The largest absolute Gasteiger partial charge is 0.497 e. The summed E-state index contributed by atoms with van der Waals surface area (Å²) in [7, 11) is 1.45. The topological polar surface area (TPSA) is 150 Å². The molecule has 0 spiro atoms. The van der Waals surface area contributed by atoms with Gasteiger partial charge in [0.15, 0.2) is 6.04 Å². The molecule has 0 bridgehead atoms. The number of para-hydroxylation sites is 1. The molecular formula is C23H20N4O6. The van der Waals surface area contributed by atoms with Crippen LogP contribution in [0.5, 0.6) is 11.6 Å². The Bertz CT molecular complexity index is 1480. The maximum absolute atomic E-state index is 12.4. The first-order chi connectivity index (χ1) is 15.9. The van der Waals surface area contributed by atoms with Crippen LogP contribution < -0.4 is 16.0 Å². The summed E-state index contributed by atoms with van der Waals surface area (Å²) < 4.78 is 6.01. The minimum atomic E-state index is -1.22. The quantitative estimate of drug-likeness (QED) is 0.317. The van der Waals surface area contributed by atoms with Crippen LogP contribution in [0.25, 0.3) is 16.6 Å². The number of aromatic hydroxyl groups is 1. The number of hydrogen-bond acceptors (Lipinski definition) is 6. The fourth-order valence-electron chi connectivity index (χ4n) is 3.52. The number of aromatic nitrogens is 3. The van der Waals surface area contributed by atoms with Crippen LogP contribution in [-0.2, 0) is 11.2 Å². The number of carboxylic acid groups (broad SMARTS) is 1. The zero-order valence-corrected chi connectivity index (χ0v) is 17.5. The molecule has 1 atom stereocenters. The van der Waals surface area contributed by atoms with Gasteiger partial charge in [-0.2, -0.15) is 0 Å². The molecule has 0 saturated heterocycles. The van der Waals surface area contributed by atoms with E-state index >= 15 is 0 Å². The molecule has 0 aliphatic rings. The van der Waals surface area contributed by atoms with Crippen molar-refractivity contribution in [2.75, 3.05) is 7.11 Å². The summed E-state index contributed by atoms with van der Waals surface area (Å²) in [6, 6.07) is 12.5. The van der Waals surface area contributed by atoms with Crippen molar-refractivity contribution in [3.63, 3.8) is 0 Å². The molecule has 4 rings (SSSR count). The Hall–Kier alpha value is -4.60. The number of benzene rings is 2. The van der Waals surface area contributed by atoms with Crippen LogP contribution in [0.4, 0.5) is 0 Å². The van der Waals surface area contributed by atoms with E-state index in [-0.39, 0.29) is 17.7 Å². The van der Waals surface area contributed by atoms with Crippen LogP contribution >= 0.6 is 0 Å². The van der Waals surface area contributed by atoms with Gasteiger partial charge in [-0.3, -0.25) is 14.8 Å². The summed E-state index contributed by atoms with van der Waals surface area (Å²) >= 11 is 0. The zero-order chi connectivity index (χ0) is 23.5. The Labute approximate surface area is 186 Å². The molecule has 0 radical (unpaired) electrons. The van der Waals surface area contributed by atoms with E-state index in [9.17, 15) is 24.6 Å². The van der Waals surface area contributed by atoms with Crippen molar-refractivity contribution >= 4 is 23.1 Å². The first-order valence-corrected chi connectivity index (χ1v) is 9.92. The molecule has 10 heteroatoms. The Morgan fingerprint density at radius 2 is 2.00 bits per heavy atom. The van der Waals surface area contributed by atoms with Crippen molar-refractivity contribution in [3.05, 3.63) is 86.7 Å². The Kier molecular flexibility index (Phi) is 5.81. The lowest BCUT2D eigenvalue weighted by molar-refractivity contribution is -0.138. The molecule has 0 unspecified atom stereocenters. The molecule has 4 aromatic rings. The van der Waals surface area contributed by atoms with E-state index in [1.807, 2.05) is 24.3 Å². The third kappa shape index (κ3) is 4.26. The number of aliphatic imine (C=N–C) groups is 1. The third-order valence-corrected chi connectivity index (χ3v) is 5.19. The standard InChI is InChI=1S/C23H20N4O6/c1-33-15-6-4-5-14(10-15)27-21(29)17(20(28)26-23(27)32)12-25-19(22(30)31)9-13-11-24-18-8-3-2-7-16(13)18/h2-8,10-12,19,24,29H,9H2,1H3,(H,30,31)(H,26,28,32)/t19-/m0/s1. The molecule has 10 nitrogen and oxygen atoms in total. The lowest BCUT2D eigenvalue weighted by atomic mass is 10.1. The number of ether oxygens (including phenoxy) is 1. The number of hydrogen-bond donors (Lipinski definition) is 4. The van der Waals surface area contributed by atoms with Crippen LogP contribution in [0.15, 0.2) is 69.3 Å². The molecule has 0 aliphatic carbocycles. The van der Waals surface area contributed by atoms with Gasteiger partial charge in [0.05, 0.1) is 12.8 Å². The Morgan fingerprint density at radius 3 is 2.76 bits per heavy atom. The van der Waals surface area contributed by atoms with Gasteiger partial charge in [0.2, 0.25) is 5.88 Å². The predicted octanol–water partition coefficient (Wildman–Crippen LogP) is 1.84. The number of aliphatic carboxylic acids is 1. The molecule has 0 fully saturated rings. The first kappa shape index (κ1) is 21.6. The van der Waals surface area contributed by atoms with Crippen molar-refractivity contribution in [2.45, 2.75) is 12.5 Å². The number of methoxy groups -OCH3 is 1. The number of fused-ring (bicyclic) bond motifs is 1. The highest BCUT2D eigenvalue weighted by molar-refractivity contribution is 5.87. The number of nitrogens with zero attached hydrogens (tertiary/aromatic N) is 2. The SMILES string of the molecule is COc1cccc(-n2c(O)c(C=N[C@@H](Cc3c[nH]c4ccccc34)C(=O)O)c(=O)[nH]c2=O)c1. The summed E-state index contributed by atoms with van der Waals surface area (Å²) in [5, 5.41) is 21.2. The van der Waals surface area contributed by atoms with Gasteiger partial charge in [-0.05, 0) is 23.8 Å². The van der Waals surface area contributed by atoms with E-state index in [0.717, 1.165) is 27.2 Å². The third-order valence-electron chi connectivity index (χ3n) is 5.19. The lowest BCUT2D eigenvalue weighted by Gasteiger charge is -2.11. The van der Waals surface area contributed by atoms with Gasteiger partial charge in [-0.25, -0.2) is 14.2 Å². The van der Waals surface area contributed by atoms with Crippen molar-refractivity contribution in [3.8, 4) is 17.3 Å². The molecule has 0 saturated carbocycles. The van der Waals surface area contributed by atoms with Crippen LogP contribution in [0.1, 0.15) is 11.1 Å². The van der Waals surface area contributed by atoms with Gasteiger partial charge in [-0.15, -0.1) is 0 Å². The van der Waals surface area contributed by atoms with Crippen molar-refractivity contribution in [2.24, 2.45) is 4.99 Å². The highest BCUT2D eigenvalue weighted by Gasteiger charge is 2.20. The first-order valence-electron chi connectivity index (χ1n) is 9.92. The van der Waals surface area contributed by atoms with Gasteiger partial charge < -0.3 is 19.9 Å². The molecule has 33 heavy (non-hydrogen) atoms. The fourth-order valence-corrected chi connectivity index (χ4v) is 3.52. The zero-order valence-electron chi connectivity index (χ0n) is 17.5. The molecule has 168 valence electrons. The molecule has 0 aliphatic heterocycles. The summed E-state index contributed by atoms with van der Waals surface area (Å²) in [5.74, 6) is -1.43. The van der Waals surface area contributed by atoms with Gasteiger partial charge in [0, 0.05) is 35.8 Å². The van der Waals surface area contributed by atoms with Crippen molar-refractivity contribution in [1.29, 1.82) is 0 Å². The minimum absolute atomic E-state index is 0.0596.